The lowest BCUT2D eigenvalue weighted by Crippen LogP contribution is -2.55. The molecule has 48 heavy (non-hydrogen) atoms. The number of benzene rings is 1. The van der Waals surface area contributed by atoms with Gasteiger partial charge < -0.3 is 35.4 Å². The molecular weight excluding hydrogens is 650 g/mol. The summed E-state index contributed by atoms with van der Waals surface area (Å²) in [7, 11) is 2.21. The molecule has 2 aromatic rings. The third kappa shape index (κ3) is 6.58. The summed E-state index contributed by atoms with van der Waals surface area (Å²) in [6.45, 7) is 4.96. The maximum Gasteiger partial charge on any atom is 0.410 e. The average molecular weight is 694 g/mol. The number of carbonyl (C=O) groups is 3. The highest BCUT2D eigenvalue weighted by molar-refractivity contribution is 7.08. The van der Waals surface area contributed by atoms with Crippen molar-refractivity contribution in [3.63, 3.8) is 0 Å². The highest BCUT2D eigenvalue weighted by Crippen LogP contribution is 2.34. The Morgan fingerprint density at radius 2 is 1.77 bits per heavy atom. The Bertz CT molecular complexity index is 1590. The van der Waals surface area contributed by atoms with Crippen LogP contribution >= 0.6 is 22.9 Å². The minimum atomic E-state index is -1.04. The van der Waals surface area contributed by atoms with E-state index in [-0.39, 0.29) is 24.4 Å². The minimum Gasteiger partial charge on any atom is -0.436 e. The van der Waals surface area contributed by atoms with Gasteiger partial charge in [-0.25, -0.2) is 9.59 Å². The first-order valence-electron chi connectivity index (χ1n) is 17.1. The molecule has 0 radical (unpaired) electrons. The number of carbonyl (C=O) groups excluding carboxylic acids is 3. The monoisotopic (exact) mass is 693 g/mol. The molecule has 3 atom stereocenters. The Morgan fingerprint density at radius 1 is 1.04 bits per heavy atom. The number of anilines is 2. The molecule has 2 unspecified atom stereocenters. The van der Waals surface area contributed by atoms with E-state index >= 15 is 0 Å². The topological polar surface area (TPSA) is 115 Å². The number of thiophene rings is 1. The van der Waals surface area contributed by atoms with Crippen LogP contribution in [-0.4, -0.2) is 126 Å². The van der Waals surface area contributed by atoms with E-state index in [9.17, 15) is 14.4 Å². The SMILES string of the molecule is C#Cc1cc(C[C@@H](OC(=O)N2CCC(N3CCc4cscc4NC3=O)CC2)C(=O)N2CCC(N3CC4CC3CN4C)CC2)cc(Cl)c1N. The summed E-state index contributed by atoms with van der Waals surface area (Å²) in [6.07, 6.45) is 9.35. The highest BCUT2D eigenvalue weighted by Gasteiger charge is 2.45. The predicted molar refractivity (Wildman–Crippen MR) is 187 cm³/mol. The quantitative estimate of drug-likeness (QED) is 0.348. The van der Waals surface area contributed by atoms with Crippen molar-refractivity contribution in [2.24, 2.45) is 0 Å². The molecule has 2 bridgehead atoms. The molecule has 11 nitrogen and oxygen atoms in total. The van der Waals surface area contributed by atoms with Crippen molar-refractivity contribution in [2.75, 3.05) is 63.9 Å². The summed E-state index contributed by atoms with van der Waals surface area (Å²) < 4.78 is 6.05. The molecule has 0 spiro atoms. The second-order valence-corrected chi connectivity index (χ2v) is 15.0. The summed E-state index contributed by atoms with van der Waals surface area (Å²) in [6, 6.07) is 5.05. The van der Waals surface area contributed by atoms with Crippen LogP contribution in [0.2, 0.25) is 5.02 Å². The van der Waals surface area contributed by atoms with Crippen LogP contribution in [0.1, 0.15) is 48.8 Å². The molecule has 7 rings (SSSR count). The number of terminal acetylenes is 1. The van der Waals surface area contributed by atoms with Gasteiger partial charge in [0.05, 0.1) is 16.4 Å². The summed E-state index contributed by atoms with van der Waals surface area (Å²) in [5.74, 6) is 2.36. The van der Waals surface area contributed by atoms with E-state index in [2.05, 4.69) is 33.5 Å². The van der Waals surface area contributed by atoms with Crippen molar-refractivity contribution in [1.29, 1.82) is 0 Å². The molecule has 256 valence electrons. The first kappa shape index (κ1) is 33.0. The zero-order chi connectivity index (χ0) is 33.5. The van der Waals surface area contributed by atoms with Crippen LogP contribution in [0.3, 0.4) is 0 Å². The Kier molecular flexibility index (Phi) is 9.48. The molecule has 1 aromatic heterocycles. The molecular formula is C35H44ClN7O4S. The summed E-state index contributed by atoms with van der Waals surface area (Å²) in [4.78, 5) is 51.2. The second kappa shape index (κ2) is 13.8. The smallest absolute Gasteiger partial charge is 0.410 e. The number of piperazine rings is 1. The maximum absolute atomic E-state index is 14.1. The van der Waals surface area contributed by atoms with Gasteiger partial charge in [0, 0.05) is 87.3 Å². The predicted octanol–water partition coefficient (Wildman–Crippen LogP) is 3.95. The molecule has 5 aliphatic rings. The Hall–Kier alpha value is -3.50. The molecule has 4 saturated heterocycles. The van der Waals surface area contributed by atoms with Crippen molar-refractivity contribution >= 4 is 52.3 Å². The first-order valence-corrected chi connectivity index (χ1v) is 18.4. The van der Waals surface area contributed by atoms with Crippen molar-refractivity contribution < 1.29 is 19.1 Å². The van der Waals surface area contributed by atoms with E-state index in [0.29, 0.717) is 85.5 Å². The molecule has 13 heteroatoms. The fourth-order valence-corrected chi connectivity index (χ4v) is 9.40. The van der Waals surface area contributed by atoms with Crippen LogP contribution in [0.25, 0.3) is 0 Å². The molecule has 5 aliphatic heterocycles. The van der Waals surface area contributed by atoms with Crippen molar-refractivity contribution in [3.05, 3.63) is 44.6 Å². The molecule has 0 saturated carbocycles. The number of likely N-dealkylation sites (tertiary alicyclic amines) is 4. The number of hydrogen-bond donors (Lipinski definition) is 2. The fourth-order valence-electron chi connectivity index (χ4n) is 8.33. The van der Waals surface area contributed by atoms with Crippen LogP contribution in [0.4, 0.5) is 21.0 Å². The average Bonchev–Trinajstić information content (AvgIpc) is 3.79. The number of nitrogens with one attached hydrogen (secondary N) is 1. The van der Waals surface area contributed by atoms with Gasteiger partial charge in [0.1, 0.15) is 0 Å². The number of halogens is 1. The number of nitrogen functional groups attached to an aromatic ring is 1. The Morgan fingerprint density at radius 3 is 2.46 bits per heavy atom. The van der Waals surface area contributed by atoms with Crippen LogP contribution < -0.4 is 11.1 Å². The largest absolute Gasteiger partial charge is 0.436 e. The fraction of sp³-hybridized carbons (Fsp3) is 0.571. The van der Waals surface area contributed by atoms with Gasteiger partial charge in [-0.15, -0.1) is 17.8 Å². The Labute approximate surface area is 291 Å². The van der Waals surface area contributed by atoms with Crippen molar-refractivity contribution in [1.82, 2.24) is 24.5 Å². The number of nitrogens with two attached hydrogens (primary N) is 1. The molecule has 4 fully saturated rings. The van der Waals surface area contributed by atoms with Gasteiger partial charge in [-0.05, 0) is 74.2 Å². The molecule has 6 heterocycles. The van der Waals surface area contributed by atoms with Gasteiger partial charge in [0.25, 0.3) is 5.91 Å². The van der Waals surface area contributed by atoms with E-state index in [1.54, 1.807) is 28.4 Å². The molecule has 1 aromatic carbocycles. The second-order valence-electron chi connectivity index (χ2n) is 13.9. The number of fused-ring (bicyclic) bond motifs is 3. The number of hydrogen-bond acceptors (Lipinski definition) is 8. The van der Waals surface area contributed by atoms with Crippen molar-refractivity contribution in [3.8, 4) is 12.3 Å². The van der Waals surface area contributed by atoms with Crippen LogP contribution in [0.15, 0.2) is 22.9 Å². The van der Waals surface area contributed by atoms with Crippen LogP contribution in [-0.2, 0) is 22.4 Å². The van der Waals surface area contributed by atoms with Crippen LogP contribution in [0.5, 0.6) is 0 Å². The number of urea groups is 1. The van der Waals surface area contributed by atoms with E-state index in [1.165, 1.54) is 6.42 Å². The summed E-state index contributed by atoms with van der Waals surface area (Å²) >= 11 is 7.99. The molecule has 0 aliphatic carbocycles. The number of piperidine rings is 2. The zero-order valence-electron chi connectivity index (χ0n) is 27.4. The van der Waals surface area contributed by atoms with Gasteiger partial charge in [-0.1, -0.05) is 17.5 Å². The zero-order valence-corrected chi connectivity index (χ0v) is 29.0. The maximum atomic E-state index is 14.1. The Balaban J connectivity index is 0.995. The standard InChI is InChI=1S/C35H44ClN7O4S/c1-3-23-14-22(15-29(36)32(23)37)16-31(33(44)40-9-5-26(6-10-40)43-19-27-17-28(43)18-39(27)2)47-35(46)41-11-7-25(8-12-41)42-13-4-24-20-48-21-30(24)38-34(42)45/h1,14-15,20-21,25-28,31H,4-13,16-19,37H2,2H3,(H,38,45)/t27?,28?,31-/m1/s1. The minimum absolute atomic E-state index is 0.0192. The molecule has 3 N–H and O–H groups in total. The van der Waals surface area contributed by atoms with Gasteiger partial charge >= 0.3 is 12.1 Å². The van der Waals surface area contributed by atoms with E-state index in [0.717, 1.165) is 43.6 Å². The van der Waals surface area contributed by atoms with E-state index < -0.39 is 12.2 Å². The van der Waals surface area contributed by atoms with E-state index in [1.807, 2.05) is 15.2 Å². The summed E-state index contributed by atoms with van der Waals surface area (Å²) in [5.41, 5.74) is 9.54. The number of likely N-dealkylation sites (N-methyl/N-ethyl adjacent to an activating group) is 1. The third-order valence-corrected chi connectivity index (χ3v) is 12.2. The number of amides is 4. The number of rotatable bonds is 6. The molecule has 4 amide bonds. The third-order valence-electron chi connectivity index (χ3n) is 11.1. The first-order chi connectivity index (χ1) is 23.2. The lowest BCUT2D eigenvalue weighted by Gasteiger charge is -2.42. The normalized spacial score (nSPS) is 24.6. The lowest BCUT2D eigenvalue weighted by molar-refractivity contribution is -0.142. The van der Waals surface area contributed by atoms with Gasteiger partial charge in [-0.2, -0.15) is 0 Å². The highest BCUT2D eigenvalue weighted by atomic mass is 35.5. The van der Waals surface area contributed by atoms with Gasteiger partial charge in [0.2, 0.25) is 0 Å². The number of ether oxygens (including phenoxy) is 1. The summed E-state index contributed by atoms with van der Waals surface area (Å²) in [5, 5.41) is 7.39. The lowest BCUT2D eigenvalue weighted by atomic mass is 9.99. The van der Waals surface area contributed by atoms with Gasteiger partial charge in [0.15, 0.2) is 6.10 Å². The van der Waals surface area contributed by atoms with Gasteiger partial charge in [-0.3, -0.25) is 9.69 Å². The van der Waals surface area contributed by atoms with Crippen molar-refractivity contribution in [2.45, 2.75) is 75.2 Å². The van der Waals surface area contributed by atoms with Crippen LogP contribution in [0, 0.1) is 12.3 Å². The van der Waals surface area contributed by atoms with E-state index in [4.69, 9.17) is 28.5 Å². The number of nitrogens with zero attached hydrogens (tertiary/aromatic N) is 5.